The Morgan fingerprint density at radius 1 is 1.08 bits per heavy atom. The molecule has 2 heteroatoms. The molecule has 24 heavy (non-hydrogen) atoms. The standard InChI is InChI=1S/C20H24N2.C2H6/c1-15-7-10-20(11-16(15)2)22-13-18(19(12-21)14-22)9-8-17-5-3-4-6-17;1-2/h7,10-11,13-14,17H,3-6,8-9H2,1-2H3;1-2H3. The molecule has 0 aliphatic heterocycles. The van der Waals surface area contributed by atoms with Gasteiger partial charge in [-0.2, -0.15) is 5.26 Å². The van der Waals surface area contributed by atoms with Crippen LogP contribution in [0.4, 0.5) is 0 Å². The first kappa shape index (κ1) is 18.3. The summed E-state index contributed by atoms with van der Waals surface area (Å²) in [6.07, 6.45) is 11.9. The van der Waals surface area contributed by atoms with Crippen LogP contribution in [-0.4, -0.2) is 4.57 Å². The Morgan fingerprint density at radius 3 is 2.42 bits per heavy atom. The fourth-order valence-electron chi connectivity index (χ4n) is 3.49. The number of nitrogens with zero attached hydrogens (tertiary/aromatic N) is 2. The van der Waals surface area contributed by atoms with Crippen LogP contribution in [0.5, 0.6) is 0 Å². The van der Waals surface area contributed by atoms with Crippen molar-refractivity contribution in [2.75, 3.05) is 0 Å². The van der Waals surface area contributed by atoms with Crippen LogP contribution in [0.15, 0.2) is 30.6 Å². The van der Waals surface area contributed by atoms with E-state index in [9.17, 15) is 5.26 Å². The fraction of sp³-hybridized carbons (Fsp3) is 0.500. The Hall–Kier alpha value is -2.01. The Morgan fingerprint density at radius 2 is 1.79 bits per heavy atom. The molecular formula is C22H30N2. The molecule has 0 atom stereocenters. The van der Waals surface area contributed by atoms with E-state index in [0.29, 0.717) is 0 Å². The third kappa shape index (κ3) is 4.29. The van der Waals surface area contributed by atoms with E-state index in [1.54, 1.807) is 0 Å². The van der Waals surface area contributed by atoms with Crippen molar-refractivity contribution in [1.29, 1.82) is 5.26 Å². The van der Waals surface area contributed by atoms with Gasteiger partial charge in [-0.15, -0.1) is 0 Å². The maximum atomic E-state index is 9.41. The highest BCUT2D eigenvalue weighted by Gasteiger charge is 2.16. The van der Waals surface area contributed by atoms with Gasteiger partial charge < -0.3 is 4.57 Å². The lowest BCUT2D eigenvalue weighted by Crippen LogP contribution is -1.97. The zero-order valence-electron chi connectivity index (χ0n) is 15.6. The van der Waals surface area contributed by atoms with Gasteiger partial charge in [0.05, 0.1) is 5.56 Å². The van der Waals surface area contributed by atoms with Gasteiger partial charge in [0.25, 0.3) is 0 Å². The zero-order valence-corrected chi connectivity index (χ0v) is 15.6. The second kappa shape index (κ2) is 8.73. The normalized spacial score (nSPS) is 14.1. The second-order valence-corrected chi connectivity index (χ2v) is 6.67. The Bertz CT molecular complexity index is 697. The van der Waals surface area contributed by atoms with Crippen LogP contribution < -0.4 is 0 Å². The molecule has 0 spiro atoms. The Balaban J connectivity index is 0.00000100. The summed E-state index contributed by atoms with van der Waals surface area (Å²) < 4.78 is 2.11. The number of aryl methyl sites for hydroxylation is 3. The van der Waals surface area contributed by atoms with Gasteiger partial charge in [-0.3, -0.25) is 0 Å². The van der Waals surface area contributed by atoms with Gasteiger partial charge in [0.1, 0.15) is 6.07 Å². The smallest absolute Gasteiger partial charge is 0.101 e. The minimum Gasteiger partial charge on any atom is -0.322 e. The summed E-state index contributed by atoms with van der Waals surface area (Å²) in [5, 5.41) is 9.41. The van der Waals surface area contributed by atoms with E-state index in [-0.39, 0.29) is 0 Å². The van der Waals surface area contributed by atoms with E-state index in [1.807, 2.05) is 20.0 Å². The zero-order chi connectivity index (χ0) is 17.5. The maximum absolute atomic E-state index is 9.41. The van der Waals surface area contributed by atoms with Crippen molar-refractivity contribution in [2.24, 2.45) is 5.92 Å². The van der Waals surface area contributed by atoms with Crippen LogP contribution in [0.3, 0.4) is 0 Å². The number of nitriles is 1. The van der Waals surface area contributed by atoms with Crippen molar-refractivity contribution in [3.63, 3.8) is 0 Å². The molecular weight excluding hydrogens is 292 g/mol. The molecule has 2 nitrogen and oxygen atoms in total. The average molecular weight is 322 g/mol. The monoisotopic (exact) mass is 322 g/mol. The summed E-state index contributed by atoms with van der Waals surface area (Å²) in [6.45, 7) is 8.26. The second-order valence-electron chi connectivity index (χ2n) is 6.67. The molecule has 0 bridgehead atoms. The van der Waals surface area contributed by atoms with Crippen LogP contribution in [-0.2, 0) is 6.42 Å². The van der Waals surface area contributed by atoms with E-state index in [4.69, 9.17) is 0 Å². The minimum absolute atomic E-state index is 0.830. The van der Waals surface area contributed by atoms with E-state index < -0.39 is 0 Å². The van der Waals surface area contributed by atoms with Crippen molar-refractivity contribution < 1.29 is 0 Å². The molecule has 3 rings (SSSR count). The third-order valence-electron chi connectivity index (χ3n) is 5.11. The summed E-state index contributed by atoms with van der Waals surface area (Å²) >= 11 is 0. The lowest BCUT2D eigenvalue weighted by molar-refractivity contribution is 0.503. The molecule has 1 aromatic heterocycles. The first-order valence-electron chi connectivity index (χ1n) is 9.36. The average Bonchev–Trinajstić information content (AvgIpc) is 3.26. The highest BCUT2D eigenvalue weighted by Crippen LogP contribution is 2.29. The number of hydrogen-bond acceptors (Lipinski definition) is 1. The van der Waals surface area contributed by atoms with E-state index in [0.717, 1.165) is 23.6 Å². The molecule has 0 radical (unpaired) electrons. The van der Waals surface area contributed by atoms with E-state index in [2.05, 4.69) is 48.9 Å². The molecule has 1 saturated carbocycles. The van der Waals surface area contributed by atoms with Crippen molar-refractivity contribution in [3.05, 3.63) is 52.8 Å². The summed E-state index contributed by atoms with van der Waals surface area (Å²) in [7, 11) is 0. The maximum Gasteiger partial charge on any atom is 0.101 e. The minimum atomic E-state index is 0.830. The lowest BCUT2D eigenvalue weighted by Gasteiger charge is -2.08. The molecule has 1 aromatic carbocycles. The Kier molecular flexibility index (Phi) is 6.67. The predicted molar refractivity (Wildman–Crippen MR) is 102 cm³/mol. The van der Waals surface area contributed by atoms with E-state index >= 15 is 0 Å². The first-order valence-corrected chi connectivity index (χ1v) is 9.36. The van der Waals surface area contributed by atoms with Crippen molar-refractivity contribution in [3.8, 4) is 11.8 Å². The third-order valence-corrected chi connectivity index (χ3v) is 5.11. The molecule has 0 N–H and O–H groups in total. The lowest BCUT2D eigenvalue weighted by atomic mass is 9.98. The molecule has 1 aliphatic rings. The summed E-state index contributed by atoms with van der Waals surface area (Å²) in [4.78, 5) is 0. The Labute approximate surface area is 147 Å². The summed E-state index contributed by atoms with van der Waals surface area (Å²) in [5.74, 6) is 0.872. The highest BCUT2D eigenvalue weighted by atomic mass is 14.9. The van der Waals surface area contributed by atoms with Crippen LogP contribution in [0.2, 0.25) is 0 Å². The highest BCUT2D eigenvalue weighted by molar-refractivity contribution is 5.45. The van der Waals surface area contributed by atoms with Gasteiger partial charge in [0.2, 0.25) is 0 Å². The van der Waals surface area contributed by atoms with Gasteiger partial charge in [0.15, 0.2) is 0 Å². The van der Waals surface area contributed by atoms with Crippen LogP contribution >= 0.6 is 0 Å². The number of benzene rings is 1. The molecule has 1 heterocycles. The number of aromatic nitrogens is 1. The molecule has 2 aromatic rings. The fourth-order valence-corrected chi connectivity index (χ4v) is 3.49. The van der Waals surface area contributed by atoms with Gasteiger partial charge in [-0.25, -0.2) is 0 Å². The first-order chi connectivity index (χ1) is 11.7. The number of rotatable bonds is 4. The van der Waals surface area contributed by atoms with Crippen LogP contribution in [0, 0.1) is 31.1 Å². The largest absolute Gasteiger partial charge is 0.322 e. The molecule has 0 unspecified atom stereocenters. The molecule has 0 saturated heterocycles. The van der Waals surface area contributed by atoms with Crippen LogP contribution in [0.1, 0.15) is 68.2 Å². The molecule has 128 valence electrons. The summed E-state index contributed by atoms with van der Waals surface area (Å²) in [6, 6.07) is 8.83. The summed E-state index contributed by atoms with van der Waals surface area (Å²) in [5.41, 5.74) is 5.77. The van der Waals surface area contributed by atoms with Crippen molar-refractivity contribution in [2.45, 2.75) is 66.2 Å². The van der Waals surface area contributed by atoms with Gasteiger partial charge in [-0.05, 0) is 61.4 Å². The molecule has 1 aliphatic carbocycles. The number of hydrogen-bond donors (Lipinski definition) is 0. The van der Waals surface area contributed by atoms with Gasteiger partial charge in [0, 0.05) is 18.1 Å². The predicted octanol–water partition coefficient (Wildman–Crippen LogP) is 6.11. The van der Waals surface area contributed by atoms with Crippen molar-refractivity contribution >= 4 is 0 Å². The quantitative estimate of drug-likeness (QED) is 0.667. The van der Waals surface area contributed by atoms with Gasteiger partial charge >= 0.3 is 0 Å². The van der Waals surface area contributed by atoms with Gasteiger partial charge in [-0.1, -0.05) is 45.6 Å². The molecule has 1 fully saturated rings. The van der Waals surface area contributed by atoms with E-state index in [1.165, 1.54) is 48.8 Å². The van der Waals surface area contributed by atoms with Crippen molar-refractivity contribution in [1.82, 2.24) is 4.57 Å². The topological polar surface area (TPSA) is 28.7 Å². The SMILES string of the molecule is CC.Cc1ccc(-n2cc(C#N)c(CCC3CCCC3)c2)cc1C. The molecule has 0 amide bonds. The van der Waals surface area contributed by atoms with Crippen LogP contribution in [0.25, 0.3) is 5.69 Å².